The van der Waals surface area contributed by atoms with Crippen molar-refractivity contribution in [2.45, 2.75) is 12.8 Å². The zero-order chi connectivity index (χ0) is 22.2. The summed E-state index contributed by atoms with van der Waals surface area (Å²) in [4.78, 5) is 27.0. The summed E-state index contributed by atoms with van der Waals surface area (Å²) in [5.41, 5.74) is 3.66. The number of carbonyl (C=O) groups is 2. The molecule has 0 fully saturated rings. The van der Waals surface area contributed by atoms with Gasteiger partial charge in [0.05, 0.1) is 25.0 Å². The molecule has 0 saturated heterocycles. The molecule has 0 heterocycles. The Kier molecular flexibility index (Phi) is 6.78. The standard InChI is InChI=1S/C25H20N4O2/c1-29(25(31)21-8-3-6-19(16-21)12-14-27)23-10-4-9-22(17-23)28-24(30)20-7-2-5-18(15-20)11-13-26/h2-10,15-17H,11-12H2,1H3,(H,28,30). The first-order valence-electron chi connectivity index (χ1n) is 9.63. The maximum Gasteiger partial charge on any atom is 0.258 e. The SMILES string of the molecule is CN(C(=O)c1cccc(CC#N)c1)c1cccc(NC(=O)c2cccc(CC#N)c2)c1. The minimum Gasteiger partial charge on any atom is -0.322 e. The first-order valence-corrected chi connectivity index (χ1v) is 9.63. The van der Waals surface area contributed by atoms with E-state index in [9.17, 15) is 9.59 Å². The van der Waals surface area contributed by atoms with Crippen molar-refractivity contribution in [1.82, 2.24) is 0 Å². The lowest BCUT2D eigenvalue weighted by Crippen LogP contribution is -2.26. The van der Waals surface area contributed by atoms with Gasteiger partial charge in [0.15, 0.2) is 0 Å². The van der Waals surface area contributed by atoms with Crippen LogP contribution < -0.4 is 10.2 Å². The Balaban J connectivity index is 1.76. The van der Waals surface area contributed by atoms with Crippen LogP contribution in [0.1, 0.15) is 31.8 Å². The number of anilines is 2. The van der Waals surface area contributed by atoms with Gasteiger partial charge in [-0.25, -0.2) is 0 Å². The van der Waals surface area contributed by atoms with Crippen LogP contribution >= 0.6 is 0 Å². The van der Waals surface area contributed by atoms with Crippen molar-refractivity contribution in [2.24, 2.45) is 0 Å². The molecule has 0 aromatic heterocycles. The molecule has 1 N–H and O–H groups in total. The van der Waals surface area contributed by atoms with Crippen LogP contribution in [-0.2, 0) is 12.8 Å². The van der Waals surface area contributed by atoms with Gasteiger partial charge in [-0.05, 0) is 53.6 Å². The van der Waals surface area contributed by atoms with Crippen molar-refractivity contribution in [1.29, 1.82) is 10.5 Å². The van der Waals surface area contributed by atoms with Gasteiger partial charge >= 0.3 is 0 Å². The predicted molar refractivity (Wildman–Crippen MR) is 119 cm³/mol. The van der Waals surface area contributed by atoms with Gasteiger partial charge in [0.1, 0.15) is 0 Å². The highest BCUT2D eigenvalue weighted by Crippen LogP contribution is 2.21. The number of rotatable bonds is 6. The van der Waals surface area contributed by atoms with Crippen LogP contribution in [0, 0.1) is 22.7 Å². The van der Waals surface area contributed by atoms with E-state index in [4.69, 9.17) is 10.5 Å². The molecule has 152 valence electrons. The van der Waals surface area contributed by atoms with Crippen molar-refractivity contribution in [2.75, 3.05) is 17.3 Å². The summed E-state index contributed by atoms with van der Waals surface area (Å²) >= 11 is 0. The van der Waals surface area contributed by atoms with Crippen LogP contribution in [0.4, 0.5) is 11.4 Å². The minimum absolute atomic E-state index is 0.215. The third-order valence-corrected chi connectivity index (χ3v) is 4.73. The van der Waals surface area contributed by atoms with Crippen molar-refractivity contribution >= 4 is 23.2 Å². The first kappa shape index (κ1) is 21.3. The normalized spacial score (nSPS) is 9.90. The molecular formula is C25H20N4O2. The van der Waals surface area contributed by atoms with Crippen molar-refractivity contribution in [3.63, 3.8) is 0 Å². The fraction of sp³-hybridized carbons (Fsp3) is 0.120. The zero-order valence-corrected chi connectivity index (χ0v) is 17.0. The molecule has 0 aliphatic rings. The van der Waals surface area contributed by atoms with E-state index in [2.05, 4.69) is 17.5 Å². The van der Waals surface area contributed by atoms with Gasteiger partial charge in [-0.15, -0.1) is 0 Å². The lowest BCUT2D eigenvalue weighted by molar-refractivity contribution is 0.0991. The fourth-order valence-corrected chi connectivity index (χ4v) is 3.13. The smallest absolute Gasteiger partial charge is 0.258 e. The number of hydrogen-bond acceptors (Lipinski definition) is 4. The number of nitriles is 2. The molecule has 0 aliphatic heterocycles. The molecule has 2 amide bonds. The molecule has 3 rings (SSSR count). The molecule has 3 aromatic rings. The van der Waals surface area contributed by atoms with Crippen LogP contribution in [0.2, 0.25) is 0 Å². The van der Waals surface area contributed by atoms with E-state index in [0.29, 0.717) is 22.5 Å². The Morgan fingerprint density at radius 3 is 2.06 bits per heavy atom. The number of nitrogens with zero attached hydrogens (tertiary/aromatic N) is 3. The highest BCUT2D eigenvalue weighted by molar-refractivity contribution is 6.07. The monoisotopic (exact) mass is 408 g/mol. The molecule has 6 nitrogen and oxygen atoms in total. The average molecular weight is 408 g/mol. The van der Waals surface area contributed by atoms with Crippen LogP contribution in [-0.4, -0.2) is 18.9 Å². The van der Waals surface area contributed by atoms with Crippen LogP contribution in [0.15, 0.2) is 72.8 Å². The predicted octanol–water partition coefficient (Wildman–Crippen LogP) is 4.35. The van der Waals surface area contributed by atoms with Gasteiger partial charge < -0.3 is 10.2 Å². The number of carbonyl (C=O) groups excluding carboxylic acids is 2. The molecule has 3 aromatic carbocycles. The van der Waals surface area contributed by atoms with E-state index < -0.39 is 0 Å². The number of hydrogen-bond donors (Lipinski definition) is 1. The third kappa shape index (κ3) is 5.35. The summed E-state index contributed by atoms with van der Waals surface area (Å²) < 4.78 is 0. The van der Waals surface area contributed by atoms with Crippen molar-refractivity contribution in [3.8, 4) is 12.1 Å². The van der Waals surface area contributed by atoms with Crippen molar-refractivity contribution in [3.05, 3.63) is 95.1 Å². The second kappa shape index (κ2) is 9.87. The third-order valence-electron chi connectivity index (χ3n) is 4.73. The summed E-state index contributed by atoms with van der Waals surface area (Å²) in [6.07, 6.45) is 0.473. The van der Waals surface area contributed by atoms with Gasteiger partial charge in [-0.1, -0.05) is 30.3 Å². The van der Waals surface area contributed by atoms with Crippen LogP contribution in [0.5, 0.6) is 0 Å². The van der Waals surface area contributed by atoms with E-state index in [1.165, 1.54) is 4.90 Å². The van der Waals surface area contributed by atoms with Gasteiger partial charge in [0.2, 0.25) is 0 Å². The molecule has 0 saturated carbocycles. The lowest BCUT2D eigenvalue weighted by Gasteiger charge is -2.19. The molecule has 0 bridgehead atoms. The topological polar surface area (TPSA) is 97.0 Å². The molecule has 31 heavy (non-hydrogen) atoms. The second-order valence-electron chi connectivity index (χ2n) is 6.94. The molecule has 0 radical (unpaired) electrons. The molecule has 0 atom stereocenters. The van der Waals surface area contributed by atoms with Crippen molar-refractivity contribution < 1.29 is 9.59 Å². The maximum atomic E-state index is 12.9. The number of benzene rings is 3. The van der Waals surface area contributed by atoms with E-state index in [0.717, 1.165) is 11.1 Å². The second-order valence-corrected chi connectivity index (χ2v) is 6.94. The highest BCUT2D eigenvalue weighted by atomic mass is 16.2. The number of nitrogens with one attached hydrogen (secondary N) is 1. The summed E-state index contributed by atoms with van der Waals surface area (Å²) in [5, 5.41) is 20.5. The quantitative estimate of drug-likeness (QED) is 0.656. The minimum atomic E-state index is -0.296. The van der Waals surface area contributed by atoms with Gasteiger partial charge in [-0.2, -0.15) is 10.5 Å². The van der Waals surface area contributed by atoms with Crippen LogP contribution in [0.3, 0.4) is 0 Å². The summed E-state index contributed by atoms with van der Waals surface area (Å²) in [5.74, 6) is -0.511. The van der Waals surface area contributed by atoms with Gasteiger partial charge in [0, 0.05) is 29.5 Å². The van der Waals surface area contributed by atoms with E-state index in [-0.39, 0.29) is 24.7 Å². The fourth-order valence-electron chi connectivity index (χ4n) is 3.13. The largest absolute Gasteiger partial charge is 0.322 e. The maximum absolute atomic E-state index is 12.9. The first-order chi connectivity index (χ1) is 15.0. The summed E-state index contributed by atoms with van der Waals surface area (Å²) in [7, 11) is 1.66. The number of amides is 2. The zero-order valence-electron chi connectivity index (χ0n) is 17.0. The van der Waals surface area contributed by atoms with Gasteiger partial charge in [0.25, 0.3) is 11.8 Å². The highest BCUT2D eigenvalue weighted by Gasteiger charge is 2.15. The Morgan fingerprint density at radius 1 is 0.839 bits per heavy atom. The van der Waals surface area contributed by atoms with Crippen LogP contribution in [0.25, 0.3) is 0 Å². The van der Waals surface area contributed by atoms with E-state index in [1.54, 1.807) is 73.8 Å². The summed E-state index contributed by atoms with van der Waals surface area (Å²) in [6, 6.07) is 25.0. The Bertz CT molecular complexity index is 1200. The molecule has 0 spiro atoms. The molecular weight excluding hydrogens is 388 g/mol. The molecule has 0 aliphatic carbocycles. The Hall–Kier alpha value is -4.42. The Labute approximate surface area is 181 Å². The van der Waals surface area contributed by atoms with Gasteiger partial charge in [-0.3, -0.25) is 9.59 Å². The lowest BCUT2D eigenvalue weighted by atomic mass is 10.1. The van der Waals surface area contributed by atoms with E-state index in [1.807, 2.05) is 6.07 Å². The summed E-state index contributed by atoms with van der Waals surface area (Å²) in [6.45, 7) is 0. The Morgan fingerprint density at radius 2 is 1.42 bits per heavy atom. The van der Waals surface area contributed by atoms with E-state index >= 15 is 0 Å². The average Bonchev–Trinajstić information content (AvgIpc) is 2.79. The molecule has 6 heteroatoms. The molecule has 0 unspecified atom stereocenters.